The SMILES string of the molecule is [2H]c1c([2H])c(CSc2nc(=O)c3c(n2CC(=O)N(C([2H])([2H])c2c([2H])c([2H])c(-c4c([2H])c([2H])c(C(F)(F)F)c([2H])c4[2H])c([2H])c2[2H])C([2H])([2H])C([2H])([2H])N(CC)CC)C([2H])([2H])C([2H])(C)C3([2H])[2H])c([2H])c([2H])c1F. The van der Waals surface area contributed by atoms with Crippen LogP contribution < -0.4 is 5.56 Å². The molecule has 11 heteroatoms. The first kappa shape index (κ1) is 16.2. The van der Waals surface area contributed by atoms with Crippen LogP contribution in [0, 0.1) is 11.7 Å². The lowest BCUT2D eigenvalue weighted by atomic mass is 10.0. The third kappa shape index (κ3) is 8.73. The Kier molecular flexibility index (Phi) is 5.22. The van der Waals surface area contributed by atoms with Crippen LogP contribution in [0.4, 0.5) is 17.6 Å². The monoisotopic (exact) mass is 703 g/mol. The van der Waals surface area contributed by atoms with Crippen molar-refractivity contribution in [2.45, 2.75) is 63.6 Å². The van der Waals surface area contributed by atoms with Gasteiger partial charge in [-0.25, -0.2) is 4.39 Å². The van der Waals surface area contributed by atoms with E-state index in [0.29, 0.717) is 4.57 Å². The van der Waals surface area contributed by atoms with Crippen molar-refractivity contribution in [2.24, 2.45) is 5.89 Å². The number of carbonyl (C=O) groups excluding carboxylic acids is 1. The van der Waals surface area contributed by atoms with Gasteiger partial charge >= 0.3 is 6.18 Å². The fourth-order valence-corrected chi connectivity index (χ4v) is 4.89. The minimum Gasteiger partial charge on any atom is -0.336 e. The van der Waals surface area contributed by atoms with Crippen molar-refractivity contribution >= 4 is 17.7 Å². The van der Waals surface area contributed by atoms with Crippen LogP contribution >= 0.6 is 11.8 Å². The summed E-state index contributed by atoms with van der Waals surface area (Å²) in [5.74, 6) is -7.34. The maximum atomic E-state index is 15.2. The standard InChI is InChI=1S/C37H40F4N4O2S/c1-4-43(5-2)18-19-44(22-26-6-10-28(11-7-26)29-12-14-30(15-13-29)37(39,40)41)34(46)23-45-33-21-25(3)20-32(33)35(47)42-36(45)48-24-27-8-16-31(38)17-9-27/h6-17,25H,4-5,18-24H2,1-3H3/i6D,7D,8D,9D,10D,11D,12D,13D,14D,15D,16D,17D,18D2,19D2,20D2,21D2,22D2,25D. The number of benzene rings is 3. The summed E-state index contributed by atoms with van der Waals surface area (Å²) in [6.07, 6.45) is -12.1. The molecule has 1 atom stereocenters. The highest BCUT2D eigenvalue weighted by Gasteiger charge is 2.30. The van der Waals surface area contributed by atoms with E-state index < -0.39 is 196 Å². The topological polar surface area (TPSA) is 58.4 Å². The van der Waals surface area contributed by atoms with Crippen LogP contribution in [0.2, 0.25) is 0 Å². The van der Waals surface area contributed by atoms with Crippen LogP contribution in [0.1, 0.15) is 80.2 Å². The van der Waals surface area contributed by atoms with E-state index in [0.717, 1.165) is 11.8 Å². The lowest BCUT2D eigenvalue weighted by Crippen LogP contribution is -2.40. The van der Waals surface area contributed by atoms with Crippen molar-refractivity contribution in [1.29, 1.82) is 0 Å². The van der Waals surface area contributed by atoms with E-state index in [9.17, 15) is 27.8 Å². The molecule has 5 rings (SSSR count). The van der Waals surface area contributed by atoms with Crippen molar-refractivity contribution in [3.8, 4) is 11.1 Å². The van der Waals surface area contributed by atoms with Gasteiger partial charge in [-0.15, -0.1) is 0 Å². The first-order chi connectivity index (χ1) is 32.1. The molecule has 0 aliphatic heterocycles. The van der Waals surface area contributed by atoms with Gasteiger partial charge in [-0.1, -0.05) is 80.9 Å². The normalized spacial score (nSPS) is 25.8. The molecule has 1 aliphatic rings. The van der Waals surface area contributed by atoms with Gasteiger partial charge in [-0.2, -0.15) is 18.2 Å². The molecule has 1 unspecified atom stereocenters. The zero-order valence-electron chi connectivity index (χ0n) is 48.4. The molecule has 0 N–H and O–H groups in total. The fourth-order valence-electron chi connectivity index (χ4n) is 4.01. The number of aromatic nitrogens is 2. The van der Waals surface area contributed by atoms with Crippen molar-refractivity contribution in [3.63, 3.8) is 0 Å². The zero-order chi connectivity index (χ0) is 54.8. The Morgan fingerprint density at radius 3 is 2.21 bits per heavy atom. The number of nitrogens with zero attached hydrogens (tertiary/aromatic N) is 4. The highest BCUT2D eigenvalue weighted by atomic mass is 32.2. The fraction of sp³-hybridized carbons (Fsp3) is 0.378. The van der Waals surface area contributed by atoms with E-state index in [4.69, 9.17) is 26.0 Å². The van der Waals surface area contributed by atoms with Gasteiger partial charge in [0.25, 0.3) is 5.56 Å². The summed E-state index contributed by atoms with van der Waals surface area (Å²) in [5.41, 5.74) is -10.5. The Morgan fingerprint density at radius 1 is 1.00 bits per heavy atom. The molecular formula is C37H40F4N4O2S. The number of thioether (sulfide) groups is 1. The van der Waals surface area contributed by atoms with Crippen LogP contribution in [-0.2, 0) is 42.5 Å². The van der Waals surface area contributed by atoms with Crippen LogP contribution in [0.3, 0.4) is 0 Å². The predicted molar refractivity (Wildman–Crippen MR) is 181 cm³/mol. The Hall–Kier alpha value is -3.96. The lowest BCUT2D eigenvalue weighted by molar-refractivity contribution is -0.137. The molecule has 0 spiro atoms. The molecule has 0 saturated heterocycles. The molecule has 48 heavy (non-hydrogen) atoms. The van der Waals surface area contributed by atoms with Crippen LogP contribution in [0.5, 0.6) is 0 Å². The highest BCUT2D eigenvalue weighted by Crippen LogP contribution is 2.32. The summed E-state index contributed by atoms with van der Waals surface area (Å²) in [7, 11) is 0. The second kappa shape index (κ2) is 15.5. The Bertz CT molecular complexity index is 2860. The third-order valence-electron chi connectivity index (χ3n) is 6.39. The van der Waals surface area contributed by atoms with Crippen molar-refractivity contribution < 1.29 is 53.9 Å². The van der Waals surface area contributed by atoms with E-state index in [1.54, 1.807) is 0 Å². The number of likely N-dealkylation sites (N-methyl/N-ethyl adjacent to an activating group) is 1. The summed E-state index contributed by atoms with van der Waals surface area (Å²) >= 11 is 0.233. The first-order valence-corrected chi connectivity index (χ1v) is 15.0. The van der Waals surface area contributed by atoms with E-state index in [-0.39, 0.29) is 24.9 Å². The molecule has 0 fully saturated rings. The maximum Gasteiger partial charge on any atom is 0.416 e. The Morgan fingerprint density at radius 2 is 1.60 bits per heavy atom. The average molecular weight is 704 g/mol. The largest absolute Gasteiger partial charge is 0.416 e. The minimum absolute atomic E-state index is 0.233. The highest BCUT2D eigenvalue weighted by molar-refractivity contribution is 7.98. The third-order valence-corrected chi connectivity index (χ3v) is 7.40. The quantitative estimate of drug-likeness (QED) is 0.0822. The number of carbonyl (C=O) groups is 1. The second-order valence-corrected chi connectivity index (χ2v) is 10.6. The van der Waals surface area contributed by atoms with Crippen molar-refractivity contribution in [1.82, 2.24) is 19.4 Å². The van der Waals surface area contributed by atoms with Gasteiger partial charge in [0.15, 0.2) is 5.16 Å². The maximum absolute atomic E-state index is 15.2. The molecule has 4 aromatic rings. The van der Waals surface area contributed by atoms with Gasteiger partial charge in [0.05, 0.1) is 27.5 Å². The van der Waals surface area contributed by atoms with Gasteiger partial charge in [0.1, 0.15) is 12.4 Å². The molecular weight excluding hydrogens is 640 g/mol. The smallest absolute Gasteiger partial charge is 0.336 e. The molecule has 1 heterocycles. The number of fused-ring (bicyclic) bond motifs is 1. The summed E-state index contributed by atoms with van der Waals surface area (Å²) in [4.78, 5) is 32.9. The van der Waals surface area contributed by atoms with Crippen LogP contribution in [0.25, 0.3) is 11.1 Å². The van der Waals surface area contributed by atoms with Gasteiger partial charge in [-0.05, 0) is 78.2 Å². The lowest BCUT2D eigenvalue weighted by Gasteiger charge is -2.28. The van der Waals surface area contributed by atoms with Gasteiger partial charge in [-0.3, -0.25) is 9.59 Å². The number of halogens is 4. The predicted octanol–water partition coefficient (Wildman–Crippen LogP) is 7.47. The van der Waals surface area contributed by atoms with Crippen LogP contribution in [-0.4, -0.2) is 51.3 Å². The molecule has 6 nitrogen and oxygen atoms in total. The Balaban J connectivity index is 1.87. The summed E-state index contributed by atoms with van der Waals surface area (Å²) in [5, 5.41) is -0.876. The minimum atomic E-state index is -5.46. The Labute approximate surface area is 315 Å². The molecule has 0 bridgehead atoms. The molecule has 1 aliphatic carbocycles. The van der Waals surface area contributed by atoms with Gasteiger partial charge in [0, 0.05) is 46.1 Å². The van der Waals surface area contributed by atoms with E-state index in [2.05, 4.69) is 4.98 Å². The zero-order valence-corrected chi connectivity index (χ0v) is 26.2. The van der Waals surface area contributed by atoms with Crippen molar-refractivity contribution in [2.75, 3.05) is 26.1 Å². The molecule has 254 valence electrons. The average Bonchev–Trinajstić information content (AvgIpc) is 3.35. The van der Waals surface area contributed by atoms with E-state index in [1.807, 2.05) is 0 Å². The molecule has 1 amide bonds. The molecule has 0 radical (unpaired) electrons. The number of hydrogen-bond acceptors (Lipinski definition) is 5. The summed E-state index contributed by atoms with van der Waals surface area (Å²) in [6, 6.07) is -16.7. The van der Waals surface area contributed by atoms with Crippen molar-refractivity contribution in [3.05, 3.63) is 117 Å². The molecule has 0 saturated carbocycles. The molecule has 1 aromatic heterocycles. The van der Waals surface area contributed by atoms with E-state index >= 15 is 4.79 Å². The van der Waals surface area contributed by atoms with Gasteiger partial charge in [0.2, 0.25) is 5.91 Å². The van der Waals surface area contributed by atoms with E-state index in [1.165, 1.54) is 13.8 Å². The molecule has 3 aromatic carbocycles. The second-order valence-electron chi connectivity index (χ2n) is 9.70. The number of alkyl halides is 3. The first-order valence-electron chi connectivity index (χ1n) is 25.5. The summed E-state index contributed by atoms with van der Waals surface area (Å²) < 4.78 is 256. The number of rotatable bonds is 13. The van der Waals surface area contributed by atoms with Crippen LogP contribution in [0.15, 0.2) is 82.5 Å². The number of amides is 1. The summed E-state index contributed by atoms with van der Waals surface area (Å²) in [6.45, 7) is -10.8. The number of hydrogen-bond donors (Lipinski definition) is 0. The van der Waals surface area contributed by atoms with Gasteiger partial charge < -0.3 is 14.4 Å².